The Kier molecular flexibility index (Phi) is 7.52. The highest BCUT2D eigenvalue weighted by atomic mass is 19.4. The van der Waals surface area contributed by atoms with Gasteiger partial charge in [0.15, 0.2) is 0 Å². The fourth-order valence-electron chi connectivity index (χ4n) is 2.91. The zero-order valence-electron chi connectivity index (χ0n) is 17.9. The van der Waals surface area contributed by atoms with Crippen LogP contribution in [0.4, 0.5) is 23.2 Å². The van der Waals surface area contributed by atoms with E-state index in [9.17, 15) is 22.4 Å². The van der Waals surface area contributed by atoms with E-state index in [1.165, 1.54) is 0 Å². The largest absolute Gasteiger partial charge is 0.458 e. The summed E-state index contributed by atoms with van der Waals surface area (Å²) >= 11 is 0. The topological polar surface area (TPSA) is 60.5 Å². The number of anilines is 1. The van der Waals surface area contributed by atoms with Crippen LogP contribution < -0.4 is 10.1 Å². The predicted molar refractivity (Wildman–Crippen MR) is 114 cm³/mol. The summed E-state index contributed by atoms with van der Waals surface area (Å²) in [6.45, 7) is 3.24. The zero-order chi connectivity index (χ0) is 24.0. The molecule has 0 fully saturated rings. The molecule has 174 valence electrons. The number of benzene rings is 2. The van der Waals surface area contributed by atoms with Gasteiger partial charge in [-0.1, -0.05) is 38.1 Å². The number of ether oxygens (including phenoxy) is 2. The van der Waals surface area contributed by atoms with Gasteiger partial charge in [-0.05, 0) is 42.3 Å². The molecule has 0 radical (unpaired) electrons. The molecule has 5 nitrogen and oxygen atoms in total. The Morgan fingerprint density at radius 3 is 2.39 bits per heavy atom. The average Bonchev–Trinajstić information content (AvgIpc) is 2.76. The van der Waals surface area contributed by atoms with Crippen molar-refractivity contribution in [3.63, 3.8) is 0 Å². The molecule has 1 aromatic heterocycles. The third-order valence-electron chi connectivity index (χ3n) is 4.64. The van der Waals surface area contributed by atoms with Crippen molar-refractivity contribution in [2.24, 2.45) is 5.92 Å². The second kappa shape index (κ2) is 10.3. The van der Waals surface area contributed by atoms with Gasteiger partial charge in [-0.25, -0.2) is 14.2 Å². The van der Waals surface area contributed by atoms with Crippen LogP contribution in [0.2, 0.25) is 0 Å². The predicted octanol–water partition coefficient (Wildman–Crippen LogP) is 6.21. The molecular formula is C24H22F4N2O3. The molecule has 0 spiro atoms. The lowest BCUT2D eigenvalue weighted by molar-refractivity contribution is -0.147. The molecule has 0 aliphatic rings. The number of aromatic nitrogens is 1. The van der Waals surface area contributed by atoms with Gasteiger partial charge in [-0.15, -0.1) is 0 Å². The fraction of sp³-hybridized carbons (Fsp3) is 0.250. The molecule has 33 heavy (non-hydrogen) atoms. The van der Waals surface area contributed by atoms with E-state index in [1.54, 1.807) is 44.2 Å². The summed E-state index contributed by atoms with van der Waals surface area (Å²) in [7, 11) is 0. The zero-order valence-corrected chi connectivity index (χ0v) is 17.9. The van der Waals surface area contributed by atoms with Crippen LogP contribution in [0, 0.1) is 11.7 Å². The average molecular weight is 462 g/mol. The van der Waals surface area contributed by atoms with Crippen LogP contribution in [-0.4, -0.2) is 17.0 Å². The van der Waals surface area contributed by atoms with Gasteiger partial charge < -0.3 is 14.8 Å². The van der Waals surface area contributed by atoms with E-state index in [0.29, 0.717) is 23.4 Å². The molecule has 0 saturated carbocycles. The summed E-state index contributed by atoms with van der Waals surface area (Å²) in [5.74, 6) is -1.22. The Balaban J connectivity index is 1.65. The molecule has 0 saturated heterocycles. The normalized spacial score (nSPS) is 12.3. The van der Waals surface area contributed by atoms with Gasteiger partial charge in [0.05, 0.1) is 16.9 Å². The third kappa shape index (κ3) is 6.68. The van der Waals surface area contributed by atoms with Crippen molar-refractivity contribution in [3.8, 4) is 11.6 Å². The van der Waals surface area contributed by atoms with E-state index in [0.717, 1.165) is 12.1 Å². The molecule has 3 aromatic rings. The van der Waals surface area contributed by atoms with Crippen molar-refractivity contribution >= 4 is 11.7 Å². The van der Waals surface area contributed by atoms with Gasteiger partial charge in [-0.3, -0.25) is 0 Å². The van der Waals surface area contributed by atoms with Crippen LogP contribution in [0.3, 0.4) is 0 Å². The Bertz CT molecular complexity index is 1090. The number of pyridine rings is 1. The number of carbonyl (C=O) groups is 1. The maximum Gasteiger partial charge on any atom is 0.416 e. The Labute approximate surface area is 188 Å². The lowest BCUT2D eigenvalue weighted by Crippen LogP contribution is -2.36. The first-order valence-corrected chi connectivity index (χ1v) is 10.1. The van der Waals surface area contributed by atoms with Crippen LogP contribution >= 0.6 is 0 Å². The number of hydrogen-bond acceptors (Lipinski definition) is 5. The number of nitrogens with one attached hydrogen (secondary N) is 1. The molecule has 1 N–H and O–H groups in total. The van der Waals surface area contributed by atoms with E-state index in [1.807, 2.05) is 18.2 Å². The van der Waals surface area contributed by atoms with Gasteiger partial charge in [0.25, 0.3) is 0 Å². The number of rotatable bonds is 8. The lowest BCUT2D eigenvalue weighted by atomic mass is 10.0. The SMILES string of the molecule is CC(C)C(Nc1ccc(C(F)(F)F)cc1F)C(=O)OCc1cccc(Oc2ccccc2)n1. The van der Waals surface area contributed by atoms with Gasteiger partial charge >= 0.3 is 12.1 Å². The molecule has 2 aromatic carbocycles. The molecule has 9 heteroatoms. The Morgan fingerprint density at radius 2 is 1.76 bits per heavy atom. The first-order chi connectivity index (χ1) is 15.6. The molecular weight excluding hydrogens is 440 g/mol. The molecule has 0 bridgehead atoms. The molecule has 0 amide bonds. The number of esters is 1. The van der Waals surface area contributed by atoms with Crippen LogP contribution in [0.15, 0.2) is 66.7 Å². The van der Waals surface area contributed by atoms with Crippen LogP contribution in [0.5, 0.6) is 11.6 Å². The summed E-state index contributed by atoms with van der Waals surface area (Å²) in [5, 5.41) is 2.64. The first kappa shape index (κ1) is 24.0. The second-order valence-corrected chi connectivity index (χ2v) is 7.55. The van der Waals surface area contributed by atoms with E-state index >= 15 is 0 Å². The first-order valence-electron chi connectivity index (χ1n) is 10.1. The smallest absolute Gasteiger partial charge is 0.416 e. The molecule has 1 atom stereocenters. The summed E-state index contributed by atoms with van der Waals surface area (Å²) in [6, 6.07) is 15.1. The van der Waals surface area contributed by atoms with Crippen molar-refractivity contribution < 1.29 is 31.8 Å². The molecule has 0 aliphatic heterocycles. The van der Waals surface area contributed by atoms with Crippen molar-refractivity contribution in [1.29, 1.82) is 0 Å². The van der Waals surface area contributed by atoms with Gasteiger partial charge in [0.1, 0.15) is 24.2 Å². The number of nitrogens with zero attached hydrogens (tertiary/aromatic N) is 1. The number of hydrogen-bond donors (Lipinski definition) is 1. The van der Waals surface area contributed by atoms with Crippen LogP contribution in [-0.2, 0) is 22.3 Å². The highest BCUT2D eigenvalue weighted by Crippen LogP contribution is 2.31. The van der Waals surface area contributed by atoms with Crippen molar-refractivity contribution in [2.75, 3.05) is 5.32 Å². The quantitative estimate of drug-likeness (QED) is 0.319. The van der Waals surface area contributed by atoms with Crippen molar-refractivity contribution in [1.82, 2.24) is 4.98 Å². The minimum absolute atomic E-state index is 0.161. The Hall–Kier alpha value is -3.62. The van der Waals surface area contributed by atoms with Crippen LogP contribution in [0.1, 0.15) is 25.1 Å². The minimum atomic E-state index is -4.67. The maximum atomic E-state index is 14.2. The van der Waals surface area contributed by atoms with Gasteiger partial charge in [0.2, 0.25) is 5.88 Å². The number of halogens is 4. The fourth-order valence-corrected chi connectivity index (χ4v) is 2.91. The number of para-hydroxylation sites is 1. The van der Waals surface area contributed by atoms with E-state index < -0.39 is 29.6 Å². The molecule has 1 unspecified atom stereocenters. The van der Waals surface area contributed by atoms with Gasteiger partial charge in [0, 0.05) is 6.07 Å². The standard InChI is InChI=1S/C24H22F4N2O3/c1-15(2)22(30-20-12-11-16(13-19(20)25)24(26,27)28)23(31)32-14-17-7-6-10-21(29-17)33-18-8-4-3-5-9-18/h3-13,15,22,30H,14H2,1-2H3. The van der Waals surface area contributed by atoms with Crippen LogP contribution in [0.25, 0.3) is 0 Å². The summed E-state index contributed by atoms with van der Waals surface area (Å²) in [5.41, 5.74) is -0.909. The van der Waals surface area contributed by atoms with Gasteiger partial charge in [-0.2, -0.15) is 13.2 Å². The summed E-state index contributed by atoms with van der Waals surface area (Å²) < 4.78 is 63.4. The number of alkyl halides is 3. The van der Waals surface area contributed by atoms with Crippen molar-refractivity contribution in [3.05, 3.63) is 83.8 Å². The van der Waals surface area contributed by atoms with E-state index in [-0.39, 0.29) is 18.2 Å². The monoisotopic (exact) mass is 462 g/mol. The third-order valence-corrected chi connectivity index (χ3v) is 4.64. The maximum absolute atomic E-state index is 14.2. The molecule has 1 heterocycles. The highest BCUT2D eigenvalue weighted by molar-refractivity contribution is 5.79. The van der Waals surface area contributed by atoms with E-state index in [4.69, 9.17) is 9.47 Å². The minimum Gasteiger partial charge on any atom is -0.458 e. The summed E-state index contributed by atoms with van der Waals surface area (Å²) in [6.07, 6.45) is -4.67. The summed E-state index contributed by atoms with van der Waals surface area (Å²) in [4.78, 5) is 16.9. The molecule has 0 aliphatic carbocycles. The molecule has 3 rings (SSSR count). The number of carbonyl (C=O) groups excluding carboxylic acids is 1. The lowest BCUT2D eigenvalue weighted by Gasteiger charge is -2.22. The van der Waals surface area contributed by atoms with Crippen molar-refractivity contribution in [2.45, 2.75) is 32.7 Å². The second-order valence-electron chi connectivity index (χ2n) is 7.55. The Morgan fingerprint density at radius 1 is 1.03 bits per heavy atom. The van der Waals surface area contributed by atoms with E-state index in [2.05, 4.69) is 10.3 Å². The highest BCUT2D eigenvalue weighted by Gasteiger charge is 2.32.